The third kappa shape index (κ3) is 2.87. The summed E-state index contributed by atoms with van der Waals surface area (Å²) < 4.78 is 4.02. The Morgan fingerprint density at radius 2 is 1.64 bits per heavy atom. The number of hydrogen-bond acceptors (Lipinski definition) is 5. The number of allylic oxidation sites excluding steroid dienone is 4. The van der Waals surface area contributed by atoms with Crippen molar-refractivity contribution in [2.45, 2.75) is 38.8 Å². The molecule has 182 valence electrons. The number of carbonyl (C=O) groups excluding carboxylic acids is 2. The molecule has 0 unspecified atom stereocenters. The number of nitrogens with zero attached hydrogens (tertiary/aromatic N) is 3. The third-order valence-corrected chi connectivity index (χ3v) is 8.15. The van der Waals surface area contributed by atoms with Crippen molar-refractivity contribution in [2.75, 3.05) is 0 Å². The van der Waals surface area contributed by atoms with Crippen LogP contribution in [0.5, 0.6) is 5.75 Å². The number of ketones is 2. The van der Waals surface area contributed by atoms with Gasteiger partial charge in [-0.25, -0.2) is 23.5 Å². The summed E-state index contributed by atoms with van der Waals surface area (Å²) in [4.78, 5) is 54.0. The fraction of sp³-hybridized carbons (Fsp3) is 0.286. The number of Topliss-reactive ketones (excluding diaryl/α,β-unsaturated/α-hetero) is 1. The molecule has 0 saturated heterocycles. The molecule has 0 bridgehead atoms. The third-order valence-electron chi connectivity index (χ3n) is 8.15. The molecule has 2 heterocycles. The van der Waals surface area contributed by atoms with Gasteiger partial charge in [0.15, 0.2) is 11.6 Å². The molecule has 1 N–H and O–H groups in total. The van der Waals surface area contributed by atoms with Gasteiger partial charge in [-0.15, -0.1) is 0 Å². The number of hydrogen-bond donors (Lipinski definition) is 1. The number of phenolic OH excluding ortho intramolecular Hbond substituents is 1. The predicted octanol–water partition coefficient (Wildman–Crippen LogP) is 2.90. The summed E-state index contributed by atoms with van der Waals surface area (Å²) >= 11 is 0. The molecule has 6 rings (SSSR count). The van der Waals surface area contributed by atoms with Gasteiger partial charge in [0, 0.05) is 11.8 Å². The molecule has 1 fully saturated rings. The first-order valence-corrected chi connectivity index (χ1v) is 12.0. The van der Waals surface area contributed by atoms with E-state index in [1.165, 1.54) is 15.4 Å². The molecule has 4 atom stereocenters. The molecule has 0 radical (unpaired) electrons. The summed E-state index contributed by atoms with van der Waals surface area (Å²) in [6.07, 6.45) is 3.57. The Morgan fingerprint density at radius 1 is 0.944 bits per heavy atom. The van der Waals surface area contributed by atoms with Gasteiger partial charge in [-0.2, -0.15) is 0 Å². The highest BCUT2D eigenvalue weighted by atomic mass is 16.3. The van der Waals surface area contributed by atoms with Gasteiger partial charge in [0.1, 0.15) is 5.75 Å². The average Bonchev–Trinajstić information content (AvgIpc) is 3.13. The second kappa shape index (κ2) is 7.65. The van der Waals surface area contributed by atoms with Crippen LogP contribution >= 0.6 is 0 Å². The first-order chi connectivity index (χ1) is 17.2. The Balaban J connectivity index is 1.59. The smallest absolute Gasteiger partial charge is 0.352 e. The number of phenols is 1. The van der Waals surface area contributed by atoms with Crippen molar-refractivity contribution in [1.29, 1.82) is 0 Å². The van der Waals surface area contributed by atoms with Crippen LogP contribution in [0.1, 0.15) is 37.8 Å². The lowest BCUT2D eigenvalue weighted by atomic mass is 9.51. The van der Waals surface area contributed by atoms with Gasteiger partial charge in [0.2, 0.25) is 0 Å². The lowest BCUT2D eigenvalue weighted by Crippen LogP contribution is -2.54. The summed E-state index contributed by atoms with van der Waals surface area (Å²) in [6, 6.07) is 14.8. The minimum absolute atomic E-state index is 0.0950. The van der Waals surface area contributed by atoms with Gasteiger partial charge in [-0.1, -0.05) is 43.3 Å². The van der Waals surface area contributed by atoms with Crippen molar-refractivity contribution in [2.24, 2.45) is 11.3 Å². The topological polar surface area (TPSA) is 103 Å². The summed E-state index contributed by atoms with van der Waals surface area (Å²) in [6.45, 7) is 3.67. The maximum atomic E-state index is 13.7. The Labute approximate surface area is 206 Å². The number of para-hydroxylation sites is 1. The maximum absolute atomic E-state index is 13.7. The molecule has 2 aliphatic carbocycles. The Bertz CT molecular complexity index is 1600. The molecule has 8 nitrogen and oxygen atoms in total. The minimum Gasteiger partial charge on any atom is -0.508 e. The van der Waals surface area contributed by atoms with Crippen LogP contribution in [-0.2, 0) is 16.1 Å². The van der Waals surface area contributed by atoms with Crippen LogP contribution in [0.3, 0.4) is 0 Å². The highest BCUT2D eigenvalue weighted by Crippen LogP contribution is 2.59. The molecule has 3 aliphatic rings. The molecular weight excluding hydrogens is 458 g/mol. The van der Waals surface area contributed by atoms with Crippen LogP contribution in [0.4, 0.5) is 0 Å². The maximum Gasteiger partial charge on any atom is 0.352 e. The quantitative estimate of drug-likeness (QED) is 0.565. The Morgan fingerprint density at radius 3 is 2.33 bits per heavy atom. The fourth-order valence-corrected chi connectivity index (χ4v) is 6.50. The number of fused-ring (bicyclic) bond motifs is 4. The molecule has 36 heavy (non-hydrogen) atoms. The molecule has 3 aromatic rings. The van der Waals surface area contributed by atoms with Crippen molar-refractivity contribution in [1.82, 2.24) is 13.9 Å². The molecule has 2 aromatic carbocycles. The van der Waals surface area contributed by atoms with Crippen molar-refractivity contribution in [3.8, 4) is 11.4 Å². The lowest BCUT2D eigenvalue weighted by Gasteiger charge is -2.52. The van der Waals surface area contributed by atoms with E-state index in [9.17, 15) is 24.3 Å². The second-order valence-electron chi connectivity index (χ2n) is 10.0. The number of carbonyl (C=O) groups is 2. The first kappa shape index (κ1) is 22.3. The van der Waals surface area contributed by atoms with E-state index < -0.39 is 34.7 Å². The van der Waals surface area contributed by atoms with E-state index in [-0.39, 0.29) is 30.3 Å². The van der Waals surface area contributed by atoms with Gasteiger partial charge < -0.3 is 5.11 Å². The zero-order valence-electron chi connectivity index (χ0n) is 19.9. The van der Waals surface area contributed by atoms with E-state index in [1.807, 2.05) is 19.1 Å². The van der Waals surface area contributed by atoms with Crippen molar-refractivity contribution in [3.05, 3.63) is 104 Å². The lowest BCUT2D eigenvalue weighted by molar-refractivity contribution is -0.139. The zero-order valence-corrected chi connectivity index (χ0v) is 19.9. The largest absolute Gasteiger partial charge is 0.508 e. The normalized spacial score (nSPS) is 27.0. The van der Waals surface area contributed by atoms with Gasteiger partial charge in [-0.05, 0) is 60.4 Å². The Kier molecular flexibility index (Phi) is 4.73. The van der Waals surface area contributed by atoms with Crippen LogP contribution < -0.4 is 11.4 Å². The summed E-state index contributed by atoms with van der Waals surface area (Å²) in [7, 11) is 0. The highest BCUT2D eigenvalue weighted by Gasteiger charge is 2.59. The van der Waals surface area contributed by atoms with Crippen molar-refractivity contribution in [3.63, 3.8) is 0 Å². The molecule has 1 aromatic heterocycles. The van der Waals surface area contributed by atoms with Crippen LogP contribution in [0, 0.1) is 11.3 Å². The van der Waals surface area contributed by atoms with Crippen LogP contribution in [0.15, 0.2) is 87.5 Å². The standard InChI is InChI=1S/C28H25N3O5/c1-16-14-23(33)21-15-22-20(24(28(21,2)25(16)34)17-8-10-19(32)11-9-17)12-13-29-26(35)30(27(36)31(22)29)18-6-4-3-5-7-18/h3-12,14,21-22,24,32H,13,15H2,1-2H3/t21-,22+,24-,28+/m0/s1. The van der Waals surface area contributed by atoms with Crippen LogP contribution in [0.25, 0.3) is 5.69 Å². The number of aromatic hydroxyl groups is 1. The number of aromatic nitrogens is 3. The zero-order chi connectivity index (χ0) is 25.4. The Hall–Kier alpha value is -4.20. The van der Waals surface area contributed by atoms with Gasteiger partial charge in [-0.3, -0.25) is 9.59 Å². The van der Waals surface area contributed by atoms with Crippen LogP contribution in [-0.4, -0.2) is 30.6 Å². The van der Waals surface area contributed by atoms with E-state index in [1.54, 1.807) is 55.5 Å². The molecule has 1 aliphatic heterocycles. The van der Waals surface area contributed by atoms with Crippen molar-refractivity contribution >= 4 is 11.6 Å². The summed E-state index contributed by atoms with van der Waals surface area (Å²) in [5.41, 5.74) is 0.530. The number of benzene rings is 2. The predicted molar refractivity (Wildman–Crippen MR) is 132 cm³/mol. The molecule has 1 saturated carbocycles. The van der Waals surface area contributed by atoms with E-state index in [0.29, 0.717) is 11.3 Å². The minimum atomic E-state index is -1.05. The van der Waals surface area contributed by atoms with Gasteiger partial charge >= 0.3 is 11.4 Å². The SMILES string of the molecule is CC1=CC(=O)[C@@H]2C[C@@H]3C(=CCn4c(=O)n(-c5ccccc5)c(=O)n43)[C@H](c3ccc(O)cc3)[C@]2(C)C1=O. The molecular formula is C28H25N3O5. The first-order valence-electron chi connectivity index (χ1n) is 12.0. The van der Waals surface area contributed by atoms with E-state index in [4.69, 9.17) is 0 Å². The monoisotopic (exact) mass is 483 g/mol. The van der Waals surface area contributed by atoms with Crippen LogP contribution in [0.2, 0.25) is 0 Å². The molecule has 0 spiro atoms. The van der Waals surface area contributed by atoms with E-state index in [2.05, 4.69) is 0 Å². The van der Waals surface area contributed by atoms with Gasteiger partial charge in [0.25, 0.3) is 0 Å². The second-order valence-corrected chi connectivity index (χ2v) is 10.0. The highest BCUT2D eigenvalue weighted by molar-refractivity contribution is 6.13. The number of rotatable bonds is 2. The van der Waals surface area contributed by atoms with Gasteiger partial charge in [0.05, 0.1) is 23.7 Å². The molecule has 0 amide bonds. The molecule has 8 heteroatoms. The average molecular weight is 484 g/mol. The van der Waals surface area contributed by atoms with E-state index in [0.717, 1.165) is 15.7 Å². The summed E-state index contributed by atoms with van der Waals surface area (Å²) in [5, 5.41) is 9.90. The van der Waals surface area contributed by atoms with E-state index >= 15 is 0 Å². The fourth-order valence-electron chi connectivity index (χ4n) is 6.50. The van der Waals surface area contributed by atoms with Crippen molar-refractivity contribution < 1.29 is 14.7 Å². The summed E-state index contributed by atoms with van der Waals surface area (Å²) in [5.74, 6) is -1.31.